The number of benzene rings is 1. The molecule has 2 nitrogen and oxygen atoms in total. The van der Waals surface area contributed by atoms with Crippen LogP contribution in [0.5, 0.6) is 0 Å². The van der Waals surface area contributed by atoms with Crippen LogP contribution in [0.4, 0.5) is 0 Å². The third-order valence-corrected chi connectivity index (χ3v) is 1.99. The summed E-state index contributed by atoms with van der Waals surface area (Å²) in [4.78, 5) is 11.1. The number of ether oxygens (including phenoxy) is 1. The van der Waals surface area contributed by atoms with Crippen molar-refractivity contribution in [3.63, 3.8) is 0 Å². The maximum atomic E-state index is 11.1. The second kappa shape index (κ2) is 4.25. The quantitative estimate of drug-likeness (QED) is 0.470. The average Bonchev–Trinajstić information content (AvgIpc) is 2.06. The number of hydrogen-bond acceptors (Lipinski definition) is 2. The monoisotopic (exact) mass is 274 g/mol. The minimum atomic E-state index is -0.374. The van der Waals surface area contributed by atoms with Crippen molar-refractivity contribution in [3.8, 4) is 0 Å². The van der Waals surface area contributed by atoms with Crippen molar-refractivity contribution in [1.29, 1.82) is 0 Å². The summed E-state index contributed by atoms with van der Waals surface area (Å²) in [5, 5.41) is 0. The summed E-state index contributed by atoms with van der Waals surface area (Å²) in [6.07, 6.45) is 1.13. The van der Waals surface area contributed by atoms with Gasteiger partial charge in [0.2, 0.25) is 0 Å². The summed E-state index contributed by atoms with van der Waals surface area (Å²) in [5.41, 5.74) is 0.537. The Labute approximate surface area is 84.4 Å². The van der Waals surface area contributed by atoms with Gasteiger partial charge >= 0.3 is 5.97 Å². The van der Waals surface area contributed by atoms with E-state index in [9.17, 15) is 4.79 Å². The second-order valence-electron chi connectivity index (χ2n) is 2.08. The molecule has 1 aromatic rings. The Morgan fingerprint density at radius 2 is 2.00 bits per heavy atom. The zero-order valence-corrected chi connectivity index (χ0v) is 8.45. The molecule has 12 heavy (non-hydrogen) atoms. The van der Waals surface area contributed by atoms with E-state index >= 15 is 0 Å². The van der Waals surface area contributed by atoms with Crippen molar-refractivity contribution in [2.75, 3.05) is 0 Å². The first-order valence-corrected chi connectivity index (χ1v) is 4.39. The molecule has 0 aliphatic carbocycles. The number of carbonyl (C=O) groups is 1. The lowest BCUT2D eigenvalue weighted by molar-refractivity contribution is 0.0664. The third kappa shape index (κ3) is 2.34. The van der Waals surface area contributed by atoms with Crippen LogP contribution in [0.1, 0.15) is 10.4 Å². The van der Waals surface area contributed by atoms with Gasteiger partial charge in [0, 0.05) is 3.57 Å². The number of carbonyl (C=O) groups excluding carboxylic acids is 1. The van der Waals surface area contributed by atoms with Crippen LogP contribution in [0.3, 0.4) is 0 Å². The van der Waals surface area contributed by atoms with Crippen molar-refractivity contribution in [2.24, 2.45) is 0 Å². The molecule has 0 saturated carbocycles. The highest BCUT2D eigenvalue weighted by Gasteiger charge is 2.03. The molecule has 0 aromatic heterocycles. The van der Waals surface area contributed by atoms with Crippen LogP contribution in [0.15, 0.2) is 37.1 Å². The molecule has 0 fully saturated rings. The van der Waals surface area contributed by atoms with E-state index in [2.05, 4.69) is 33.9 Å². The molecule has 0 spiro atoms. The fourth-order valence-corrected chi connectivity index (χ4v) is 1.09. The minimum absolute atomic E-state index is 0.374. The lowest BCUT2D eigenvalue weighted by Gasteiger charge is -1.97. The summed E-state index contributed by atoms with van der Waals surface area (Å²) in [5.74, 6) is -0.374. The van der Waals surface area contributed by atoms with Crippen LogP contribution in [0.2, 0.25) is 0 Å². The fraction of sp³-hybridized carbons (Fsp3) is 0. The molecule has 0 radical (unpaired) electrons. The number of hydrogen-bond donors (Lipinski definition) is 0. The standard InChI is InChI=1S/C9H7IO2/c1-2-12-9(11)7-3-5-8(10)6-4-7/h2-6H,1H2. The summed E-state index contributed by atoms with van der Waals surface area (Å²) in [6, 6.07) is 7.13. The van der Waals surface area contributed by atoms with E-state index in [0.717, 1.165) is 9.83 Å². The Hall–Kier alpha value is -0.840. The normalized spacial score (nSPS) is 9.08. The van der Waals surface area contributed by atoms with Gasteiger partial charge in [-0.25, -0.2) is 4.79 Å². The molecule has 0 bridgehead atoms. The smallest absolute Gasteiger partial charge is 0.342 e. The van der Waals surface area contributed by atoms with E-state index in [1.54, 1.807) is 12.1 Å². The molecule has 0 saturated heterocycles. The molecule has 3 heteroatoms. The molecule has 62 valence electrons. The molecule has 1 rings (SSSR count). The first-order chi connectivity index (χ1) is 5.74. The van der Waals surface area contributed by atoms with Gasteiger partial charge in [-0.05, 0) is 46.9 Å². The Morgan fingerprint density at radius 1 is 1.42 bits per heavy atom. The van der Waals surface area contributed by atoms with Gasteiger partial charge < -0.3 is 4.74 Å². The molecule has 0 aliphatic heterocycles. The van der Waals surface area contributed by atoms with Gasteiger partial charge in [-0.3, -0.25) is 0 Å². The third-order valence-electron chi connectivity index (χ3n) is 1.27. The maximum Gasteiger partial charge on any atom is 0.342 e. The van der Waals surface area contributed by atoms with Crippen LogP contribution < -0.4 is 0 Å². The fourth-order valence-electron chi connectivity index (χ4n) is 0.730. The topological polar surface area (TPSA) is 26.3 Å². The summed E-state index contributed by atoms with van der Waals surface area (Å²) < 4.78 is 5.68. The zero-order valence-electron chi connectivity index (χ0n) is 6.29. The first kappa shape index (κ1) is 9.25. The largest absolute Gasteiger partial charge is 0.432 e. The zero-order chi connectivity index (χ0) is 8.97. The van der Waals surface area contributed by atoms with Crippen molar-refractivity contribution >= 4 is 28.6 Å². The molecule has 0 N–H and O–H groups in total. The molecule has 0 amide bonds. The van der Waals surface area contributed by atoms with E-state index < -0.39 is 0 Å². The lowest BCUT2D eigenvalue weighted by atomic mass is 10.2. The summed E-state index contributed by atoms with van der Waals surface area (Å²) in [6.45, 7) is 3.30. The Bertz CT molecular complexity index is 290. The summed E-state index contributed by atoms with van der Waals surface area (Å²) >= 11 is 2.17. The molecular formula is C9H7IO2. The number of rotatable bonds is 2. The van der Waals surface area contributed by atoms with Crippen LogP contribution in [0, 0.1) is 3.57 Å². The van der Waals surface area contributed by atoms with Gasteiger partial charge in [-0.1, -0.05) is 6.58 Å². The Morgan fingerprint density at radius 3 is 2.50 bits per heavy atom. The highest BCUT2D eigenvalue weighted by atomic mass is 127. The first-order valence-electron chi connectivity index (χ1n) is 3.31. The Balaban J connectivity index is 2.82. The van der Waals surface area contributed by atoms with Crippen LogP contribution >= 0.6 is 22.6 Å². The predicted molar refractivity (Wildman–Crippen MR) is 54.8 cm³/mol. The van der Waals surface area contributed by atoms with Crippen molar-refractivity contribution in [1.82, 2.24) is 0 Å². The van der Waals surface area contributed by atoms with Crippen LogP contribution in [-0.2, 0) is 4.74 Å². The predicted octanol–water partition coefficient (Wildman–Crippen LogP) is 2.59. The maximum absolute atomic E-state index is 11.1. The summed E-state index contributed by atoms with van der Waals surface area (Å²) in [7, 11) is 0. The van der Waals surface area contributed by atoms with Gasteiger partial charge in [-0.15, -0.1) is 0 Å². The van der Waals surface area contributed by atoms with Crippen molar-refractivity contribution < 1.29 is 9.53 Å². The van der Waals surface area contributed by atoms with E-state index in [1.807, 2.05) is 12.1 Å². The van der Waals surface area contributed by atoms with Gasteiger partial charge in [0.1, 0.15) is 0 Å². The number of halogens is 1. The lowest BCUT2D eigenvalue weighted by Crippen LogP contribution is -1.99. The van der Waals surface area contributed by atoms with Gasteiger partial charge in [0.05, 0.1) is 11.8 Å². The molecule has 0 atom stereocenters. The van der Waals surface area contributed by atoms with Crippen molar-refractivity contribution in [2.45, 2.75) is 0 Å². The van der Waals surface area contributed by atoms with E-state index in [4.69, 9.17) is 0 Å². The molecule has 0 heterocycles. The highest BCUT2D eigenvalue weighted by Crippen LogP contribution is 2.07. The van der Waals surface area contributed by atoms with E-state index in [0.29, 0.717) is 5.56 Å². The van der Waals surface area contributed by atoms with Crippen LogP contribution in [0.25, 0.3) is 0 Å². The van der Waals surface area contributed by atoms with Crippen LogP contribution in [-0.4, -0.2) is 5.97 Å². The molecule has 1 aromatic carbocycles. The SMILES string of the molecule is C=COC(=O)c1ccc(I)cc1. The average molecular weight is 274 g/mol. The van der Waals surface area contributed by atoms with Gasteiger partial charge in [-0.2, -0.15) is 0 Å². The molecule has 0 aliphatic rings. The van der Waals surface area contributed by atoms with Gasteiger partial charge in [0.25, 0.3) is 0 Å². The van der Waals surface area contributed by atoms with E-state index in [-0.39, 0.29) is 5.97 Å². The molecule has 0 unspecified atom stereocenters. The van der Waals surface area contributed by atoms with Gasteiger partial charge in [0.15, 0.2) is 0 Å². The van der Waals surface area contributed by atoms with Crippen molar-refractivity contribution in [3.05, 3.63) is 46.2 Å². The number of esters is 1. The molecular weight excluding hydrogens is 267 g/mol. The van der Waals surface area contributed by atoms with E-state index in [1.165, 1.54) is 0 Å². The second-order valence-corrected chi connectivity index (χ2v) is 3.32. The Kier molecular flexibility index (Phi) is 3.28. The highest BCUT2D eigenvalue weighted by molar-refractivity contribution is 14.1. The minimum Gasteiger partial charge on any atom is -0.432 e.